The van der Waals surface area contributed by atoms with Gasteiger partial charge < -0.3 is 15.7 Å². The van der Waals surface area contributed by atoms with E-state index in [-0.39, 0.29) is 11.1 Å². The predicted molar refractivity (Wildman–Crippen MR) is 70.6 cm³/mol. The van der Waals surface area contributed by atoms with Crippen molar-refractivity contribution in [3.8, 4) is 0 Å². The summed E-state index contributed by atoms with van der Waals surface area (Å²) >= 11 is 0. The van der Waals surface area contributed by atoms with Gasteiger partial charge in [-0.1, -0.05) is 6.92 Å². The van der Waals surface area contributed by atoms with E-state index < -0.39 is 5.97 Å². The molecular formula is C13H20N2O2. The second-order valence-corrected chi connectivity index (χ2v) is 4.80. The van der Waals surface area contributed by atoms with Gasteiger partial charge in [-0.15, -0.1) is 0 Å². The van der Waals surface area contributed by atoms with Crippen LogP contribution in [0.2, 0.25) is 0 Å². The molecule has 0 amide bonds. The molecular weight excluding hydrogens is 216 g/mol. The monoisotopic (exact) mass is 236 g/mol. The molecule has 0 fully saturated rings. The average Bonchev–Trinajstić information content (AvgIpc) is 2.28. The fraction of sp³-hybridized carbons (Fsp3) is 0.462. The number of anilines is 2. The summed E-state index contributed by atoms with van der Waals surface area (Å²) in [6.07, 6.45) is 0.945. The molecule has 0 saturated heterocycles. The van der Waals surface area contributed by atoms with Crippen molar-refractivity contribution in [1.29, 1.82) is 0 Å². The minimum Gasteiger partial charge on any atom is -0.478 e. The molecule has 1 rings (SSSR count). The number of carbonyl (C=O) groups is 1. The maximum Gasteiger partial charge on any atom is 0.335 e. The van der Waals surface area contributed by atoms with Crippen LogP contribution in [0.15, 0.2) is 18.2 Å². The number of hydrogen-bond donors (Lipinski definition) is 2. The molecule has 0 spiro atoms. The number of nitrogens with zero attached hydrogens (tertiary/aromatic N) is 1. The van der Waals surface area contributed by atoms with Crippen LogP contribution >= 0.6 is 0 Å². The molecule has 0 radical (unpaired) electrons. The lowest BCUT2D eigenvalue weighted by Gasteiger charge is -2.37. The van der Waals surface area contributed by atoms with E-state index >= 15 is 0 Å². The third-order valence-corrected chi connectivity index (χ3v) is 3.41. The molecule has 17 heavy (non-hydrogen) atoms. The molecule has 1 aromatic carbocycles. The summed E-state index contributed by atoms with van der Waals surface area (Å²) in [5.41, 5.74) is 7.46. The first-order valence-corrected chi connectivity index (χ1v) is 5.66. The van der Waals surface area contributed by atoms with E-state index in [0.29, 0.717) is 5.69 Å². The molecule has 94 valence electrons. The van der Waals surface area contributed by atoms with Crippen molar-refractivity contribution in [2.75, 3.05) is 17.7 Å². The van der Waals surface area contributed by atoms with Gasteiger partial charge in [0.05, 0.1) is 16.9 Å². The first-order valence-electron chi connectivity index (χ1n) is 5.66. The first kappa shape index (κ1) is 13.4. The number of carboxylic acid groups (broad SMARTS) is 1. The van der Waals surface area contributed by atoms with E-state index in [2.05, 4.69) is 20.8 Å². The molecule has 3 N–H and O–H groups in total. The molecule has 4 nitrogen and oxygen atoms in total. The highest BCUT2D eigenvalue weighted by Gasteiger charge is 2.23. The largest absolute Gasteiger partial charge is 0.478 e. The molecule has 0 aliphatic heterocycles. The minimum atomic E-state index is -0.936. The summed E-state index contributed by atoms with van der Waals surface area (Å²) in [4.78, 5) is 13.0. The lowest BCUT2D eigenvalue weighted by atomic mass is 9.98. The average molecular weight is 236 g/mol. The van der Waals surface area contributed by atoms with Crippen molar-refractivity contribution < 1.29 is 9.90 Å². The van der Waals surface area contributed by atoms with Gasteiger partial charge in [-0.3, -0.25) is 0 Å². The summed E-state index contributed by atoms with van der Waals surface area (Å²) in [7, 11) is 1.93. The van der Waals surface area contributed by atoms with E-state index in [1.165, 1.54) is 6.07 Å². The Hall–Kier alpha value is -1.71. The number of nitrogens with two attached hydrogens (primary N) is 1. The van der Waals surface area contributed by atoms with Gasteiger partial charge in [0.1, 0.15) is 0 Å². The van der Waals surface area contributed by atoms with E-state index in [4.69, 9.17) is 10.8 Å². The molecule has 0 heterocycles. The Labute approximate surface area is 102 Å². The van der Waals surface area contributed by atoms with Crippen molar-refractivity contribution in [1.82, 2.24) is 0 Å². The van der Waals surface area contributed by atoms with Gasteiger partial charge in [-0.25, -0.2) is 4.79 Å². The van der Waals surface area contributed by atoms with Crippen LogP contribution in [0, 0.1) is 0 Å². The standard InChI is InChI=1S/C13H20N2O2/c1-5-13(2,3)15(4)11-8-9(12(16)17)6-7-10(11)14/h6-8H,5,14H2,1-4H3,(H,16,17). The summed E-state index contributed by atoms with van der Waals surface area (Å²) in [5, 5.41) is 8.98. The minimum absolute atomic E-state index is 0.0642. The van der Waals surface area contributed by atoms with Gasteiger partial charge in [0.15, 0.2) is 0 Å². The Bertz CT molecular complexity index is 427. The number of carboxylic acids is 1. The Morgan fingerprint density at radius 2 is 2.06 bits per heavy atom. The zero-order valence-electron chi connectivity index (χ0n) is 10.8. The van der Waals surface area contributed by atoms with Gasteiger partial charge in [0, 0.05) is 12.6 Å². The fourth-order valence-corrected chi connectivity index (χ4v) is 1.53. The van der Waals surface area contributed by atoms with Crippen LogP contribution in [0.4, 0.5) is 11.4 Å². The molecule has 0 bridgehead atoms. The first-order chi connectivity index (χ1) is 7.79. The Balaban J connectivity index is 3.21. The van der Waals surface area contributed by atoms with Gasteiger partial charge in [-0.05, 0) is 38.5 Å². The molecule has 0 unspecified atom stereocenters. The lowest BCUT2D eigenvalue weighted by Crippen LogP contribution is -2.41. The number of rotatable bonds is 4. The topological polar surface area (TPSA) is 66.6 Å². The maximum absolute atomic E-state index is 10.9. The predicted octanol–water partition coefficient (Wildman–Crippen LogP) is 2.59. The second-order valence-electron chi connectivity index (χ2n) is 4.80. The molecule has 0 aromatic heterocycles. The van der Waals surface area contributed by atoms with Gasteiger partial charge in [0.25, 0.3) is 0 Å². The second kappa shape index (κ2) is 4.65. The van der Waals surface area contributed by atoms with E-state index in [1.807, 2.05) is 11.9 Å². The molecule has 4 heteroatoms. The van der Waals surface area contributed by atoms with Crippen LogP contribution in [0.3, 0.4) is 0 Å². The smallest absolute Gasteiger partial charge is 0.335 e. The highest BCUT2D eigenvalue weighted by molar-refractivity contribution is 5.90. The fourth-order valence-electron chi connectivity index (χ4n) is 1.53. The molecule has 0 aliphatic rings. The molecule has 0 aliphatic carbocycles. The summed E-state index contributed by atoms with van der Waals surface area (Å²) < 4.78 is 0. The number of benzene rings is 1. The number of nitrogen functional groups attached to an aromatic ring is 1. The van der Waals surface area contributed by atoms with Gasteiger partial charge in [-0.2, -0.15) is 0 Å². The van der Waals surface area contributed by atoms with Crippen molar-refractivity contribution in [3.63, 3.8) is 0 Å². The zero-order valence-corrected chi connectivity index (χ0v) is 10.8. The lowest BCUT2D eigenvalue weighted by molar-refractivity contribution is 0.0697. The number of aromatic carboxylic acids is 1. The van der Waals surface area contributed by atoms with E-state index in [9.17, 15) is 4.79 Å². The van der Waals surface area contributed by atoms with Gasteiger partial charge >= 0.3 is 5.97 Å². The van der Waals surface area contributed by atoms with Gasteiger partial charge in [0.2, 0.25) is 0 Å². The summed E-state index contributed by atoms with van der Waals surface area (Å²) in [6, 6.07) is 4.78. The SMILES string of the molecule is CCC(C)(C)N(C)c1cc(C(=O)O)ccc1N. The molecule has 0 atom stereocenters. The molecule has 0 saturated carbocycles. The van der Waals surface area contributed by atoms with Crippen LogP contribution in [-0.2, 0) is 0 Å². The van der Waals surface area contributed by atoms with Crippen LogP contribution in [0.5, 0.6) is 0 Å². The highest BCUT2D eigenvalue weighted by Crippen LogP contribution is 2.30. The van der Waals surface area contributed by atoms with E-state index in [1.54, 1.807) is 12.1 Å². The Morgan fingerprint density at radius 1 is 1.47 bits per heavy atom. The maximum atomic E-state index is 10.9. The summed E-state index contributed by atoms with van der Waals surface area (Å²) in [5.74, 6) is -0.936. The van der Waals surface area contributed by atoms with Crippen LogP contribution in [0.1, 0.15) is 37.6 Å². The van der Waals surface area contributed by atoms with Crippen LogP contribution < -0.4 is 10.6 Å². The van der Waals surface area contributed by atoms with Crippen LogP contribution in [-0.4, -0.2) is 23.7 Å². The Kier molecular flexibility index (Phi) is 3.66. The van der Waals surface area contributed by atoms with Crippen molar-refractivity contribution >= 4 is 17.3 Å². The number of hydrogen-bond acceptors (Lipinski definition) is 3. The Morgan fingerprint density at radius 3 is 2.53 bits per heavy atom. The highest BCUT2D eigenvalue weighted by atomic mass is 16.4. The zero-order chi connectivity index (χ0) is 13.2. The normalized spacial score (nSPS) is 11.3. The third kappa shape index (κ3) is 2.70. The van der Waals surface area contributed by atoms with Crippen molar-refractivity contribution in [2.24, 2.45) is 0 Å². The molecule has 1 aromatic rings. The quantitative estimate of drug-likeness (QED) is 0.788. The van der Waals surface area contributed by atoms with E-state index in [0.717, 1.165) is 12.1 Å². The summed E-state index contributed by atoms with van der Waals surface area (Å²) in [6.45, 7) is 6.29. The van der Waals surface area contributed by atoms with Crippen molar-refractivity contribution in [3.05, 3.63) is 23.8 Å². The van der Waals surface area contributed by atoms with Crippen molar-refractivity contribution in [2.45, 2.75) is 32.7 Å². The van der Waals surface area contributed by atoms with Crippen LogP contribution in [0.25, 0.3) is 0 Å². The third-order valence-electron chi connectivity index (χ3n) is 3.41.